The maximum absolute atomic E-state index is 12.2. The first-order chi connectivity index (χ1) is 10.2. The summed E-state index contributed by atoms with van der Waals surface area (Å²) in [5.41, 5.74) is 0. The Balaban J connectivity index is 0.00000132. The van der Waals surface area contributed by atoms with Gasteiger partial charge in [0.15, 0.2) is 0 Å². The van der Waals surface area contributed by atoms with Crippen LogP contribution in [0.4, 0.5) is 5.82 Å². The molecule has 2 fully saturated rings. The predicted molar refractivity (Wildman–Crippen MR) is 98.1 cm³/mol. The Morgan fingerprint density at radius 3 is 2.87 bits per heavy atom. The molecule has 8 heteroatoms. The highest BCUT2D eigenvalue weighted by atomic mass is 35.5. The highest BCUT2D eigenvalue weighted by molar-refractivity contribution is 6.32. The van der Waals surface area contributed by atoms with Gasteiger partial charge in [0.1, 0.15) is 5.82 Å². The van der Waals surface area contributed by atoms with Crippen LogP contribution in [0, 0.1) is 0 Å². The average Bonchev–Trinajstić information content (AvgIpc) is 2.97. The monoisotopic (exact) mass is 380 g/mol. The quantitative estimate of drug-likeness (QED) is 0.844. The van der Waals surface area contributed by atoms with Gasteiger partial charge in [-0.05, 0) is 37.9 Å². The van der Waals surface area contributed by atoms with E-state index in [4.69, 9.17) is 11.6 Å². The van der Waals surface area contributed by atoms with Crippen LogP contribution in [0.2, 0.25) is 5.02 Å². The van der Waals surface area contributed by atoms with E-state index in [1.807, 2.05) is 12.1 Å². The van der Waals surface area contributed by atoms with Crippen LogP contribution in [0.3, 0.4) is 0 Å². The fraction of sp³-hybridized carbons (Fsp3) is 0.600. The first kappa shape index (κ1) is 20.3. The van der Waals surface area contributed by atoms with Crippen molar-refractivity contribution in [1.82, 2.24) is 15.6 Å². The van der Waals surface area contributed by atoms with E-state index in [0.717, 1.165) is 44.7 Å². The normalized spacial score (nSPS) is 23.6. The van der Waals surface area contributed by atoms with Crippen LogP contribution < -0.4 is 15.5 Å². The molecular formula is C15H23Cl3N4O. The molecule has 2 N–H and O–H groups in total. The van der Waals surface area contributed by atoms with Crippen molar-refractivity contribution in [2.24, 2.45) is 0 Å². The number of anilines is 1. The molecule has 2 aliphatic rings. The molecule has 1 amide bonds. The first-order valence-electron chi connectivity index (χ1n) is 7.63. The molecule has 0 saturated carbocycles. The molecule has 2 atom stereocenters. The van der Waals surface area contributed by atoms with Crippen LogP contribution in [-0.4, -0.2) is 42.6 Å². The average molecular weight is 382 g/mol. The van der Waals surface area contributed by atoms with E-state index >= 15 is 0 Å². The zero-order valence-electron chi connectivity index (χ0n) is 12.8. The maximum atomic E-state index is 12.2. The highest BCUT2D eigenvalue weighted by Gasteiger charge is 2.28. The molecule has 2 aliphatic heterocycles. The summed E-state index contributed by atoms with van der Waals surface area (Å²) in [6, 6.07) is 3.84. The van der Waals surface area contributed by atoms with Crippen molar-refractivity contribution in [1.29, 1.82) is 0 Å². The molecule has 1 unspecified atom stereocenters. The lowest BCUT2D eigenvalue weighted by Gasteiger charge is -2.24. The van der Waals surface area contributed by atoms with Crippen LogP contribution in [0.1, 0.15) is 25.7 Å². The van der Waals surface area contributed by atoms with Gasteiger partial charge in [-0.25, -0.2) is 4.98 Å². The van der Waals surface area contributed by atoms with Gasteiger partial charge >= 0.3 is 0 Å². The number of rotatable bonds is 3. The minimum atomic E-state index is -0.0220. The second-order valence-corrected chi connectivity index (χ2v) is 6.16. The van der Waals surface area contributed by atoms with Crippen molar-refractivity contribution in [2.75, 3.05) is 24.5 Å². The van der Waals surface area contributed by atoms with Gasteiger partial charge in [-0.1, -0.05) is 18.0 Å². The summed E-state index contributed by atoms with van der Waals surface area (Å²) in [7, 11) is 0. The van der Waals surface area contributed by atoms with Gasteiger partial charge in [-0.15, -0.1) is 24.8 Å². The Morgan fingerprint density at radius 2 is 2.17 bits per heavy atom. The molecule has 130 valence electrons. The highest BCUT2D eigenvalue weighted by Crippen LogP contribution is 2.25. The molecule has 0 radical (unpaired) electrons. The van der Waals surface area contributed by atoms with Crippen LogP contribution in [0.5, 0.6) is 0 Å². The van der Waals surface area contributed by atoms with Crippen molar-refractivity contribution in [3.8, 4) is 0 Å². The second kappa shape index (κ2) is 9.52. The lowest BCUT2D eigenvalue weighted by atomic mass is 10.0. The summed E-state index contributed by atoms with van der Waals surface area (Å²) in [6.07, 6.45) is 5.92. The molecular weight excluding hydrogens is 359 g/mol. The smallest absolute Gasteiger partial charge is 0.237 e. The molecule has 0 aromatic carbocycles. The molecule has 23 heavy (non-hydrogen) atoms. The number of hydrogen-bond acceptors (Lipinski definition) is 4. The lowest BCUT2D eigenvalue weighted by Crippen LogP contribution is -2.50. The van der Waals surface area contributed by atoms with Gasteiger partial charge in [0.05, 0.1) is 11.1 Å². The topological polar surface area (TPSA) is 57.3 Å². The molecule has 1 aromatic rings. The summed E-state index contributed by atoms with van der Waals surface area (Å²) >= 11 is 6.18. The van der Waals surface area contributed by atoms with E-state index in [2.05, 4.69) is 20.5 Å². The fourth-order valence-corrected chi connectivity index (χ4v) is 3.30. The van der Waals surface area contributed by atoms with Gasteiger partial charge in [-0.2, -0.15) is 0 Å². The van der Waals surface area contributed by atoms with Crippen molar-refractivity contribution >= 4 is 48.1 Å². The Bertz CT molecular complexity index is 511. The van der Waals surface area contributed by atoms with Crippen LogP contribution in [0.15, 0.2) is 18.3 Å². The molecule has 5 nitrogen and oxygen atoms in total. The summed E-state index contributed by atoms with van der Waals surface area (Å²) < 4.78 is 0. The number of carbonyl (C=O) groups is 1. The standard InChI is InChI=1S/C15H21ClN4O.2ClH/c16-12-4-3-8-18-14(12)20-9-6-11(10-20)19-15(21)13-5-1-2-7-17-13;;/h3-4,8,11,13,17H,1-2,5-7,9-10H2,(H,19,21);2*1H/t11?,13-;;/m1../s1. The third-order valence-electron chi connectivity index (χ3n) is 4.20. The number of nitrogens with one attached hydrogen (secondary N) is 2. The molecule has 3 heterocycles. The zero-order chi connectivity index (χ0) is 14.7. The summed E-state index contributed by atoms with van der Waals surface area (Å²) in [6.45, 7) is 2.59. The number of aromatic nitrogens is 1. The van der Waals surface area contributed by atoms with Crippen LogP contribution in [0.25, 0.3) is 0 Å². The largest absolute Gasteiger partial charge is 0.353 e. The molecule has 0 bridgehead atoms. The zero-order valence-corrected chi connectivity index (χ0v) is 15.2. The molecule has 2 saturated heterocycles. The number of amides is 1. The Morgan fingerprint density at radius 1 is 1.35 bits per heavy atom. The summed E-state index contributed by atoms with van der Waals surface area (Å²) in [4.78, 5) is 18.7. The second-order valence-electron chi connectivity index (χ2n) is 5.75. The molecule has 3 rings (SSSR count). The summed E-state index contributed by atoms with van der Waals surface area (Å²) in [5, 5.41) is 7.10. The van der Waals surface area contributed by atoms with E-state index in [1.165, 1.54) is 6.42 Å². The number of nitrogens with zero attached hydrogens (tertiary/aromatic N) is 2. The van der Waals surface area contributed by atoms with Crippen molar-refractivity contribution in [3.63, 3.8) is 0 Å². The molecule has 0 spiro atoms. The van der Waals surface area contributed by atoms with Gasteiger partial charge in [0, 0.05) is 25.3 Å². The predicted octanol–water partition coefficient (Wildman–Crippen LogP) is 2.42. The number of hydrogen-bond donors (Lipinski definition) is 2. The number of piperidine rings is 1. The van der Waals surface area contributed by atoms with E-state index in [0.29, 0.717) is 5.02 Å². The fourth-order valence-electron chi connectivity index (χ4n) is 3.06. The van der Waals surface area contributed by atoms with E-state index in [9.17, 15) is 4.79 Å². The SMILES string of the molecule is Cl.Cl.O=C(NC1CCN(c2ncccc2Cl)C1)[C@H]1CCCCN1. The minimum Gasteiger partial charge on any atom is -0.353 e. The van der Waals surface area contributed by atoms with Gasteiger partial charge < -0.3 is 15.5 Å². The van der Waals surface area contributed by atoms with Crippen LogP contribution >= 0.6 is 36.4 Å². The Hall–Kier alpha value is -0.750. The number of halogens is 3. The number of pyridine rings is 1. The van der Waals surface area contributed by atoms with E-state index < -0.39 is 0 Å². The van der Waals surface area contributed by atoms with Gasteiger partial charge in [-0.3, -0.25) is 4.79 Å². The Labute approximate surface area is 154 Å². The Kier molecular flexibility index (Phi) is 8.40. The number of carbonyl (C=O) groups excluding carboxylic acids is 1. The van der Waals surface area contributed by atoms with Crippen molar-refractivity contribution < 1.29 is 4.79 Å². The first-order valence-corrected chi connectivity index (χ1v) is 8.01. The molecule has 0 aliphatic carbocycles. The van der Waals surface area contributed by atoms with Gasteiger partial charge in [0.25, 0.3) is 0 Å². The third-order valence-corrected chi connectivity index (χ3v) is 4.50. The van der Waals surface area contributed by atoms with Crippen LogP contribution in [-0.2, 0) is 4.79 Å². The van der Waals surface area contributed by atoms with E-state index in [-0.39, 0.29) is 42.8 Å². The molecule has 1 aromatic heterocycles. The van der Waals surface area contributed by atoms with E-state index in [1.54, 1.807) is 6.20 Å². The lowest BCUT2D eigenvalue weighted by molar-refractivity contribution is -0.124. The summed E-state index contributed by atoms with van der Waals surface area (Å²) in [5.74, 6) is 0.945. The van der Waals surface area contributed by atoms with Crippen molar-refractivity contribution in [2.45, 2.75) is 37.8 Å². The van der Waals surface area contributed by atoms with Crippen molar-refractivity contribution in [3.05, 3.63) is 23.4 Å². The van der Waals surface area contributed by atoms with Gasteiger partial charge in [0.2, 0.25) is 5.91 Å². The third kappa shape index (κ3) is 5.11. The minimum absolute atomic E-state index is 0. The maximum Gasteiger partial charge on any atom is 0.237 e.